The van der Waals surface area contributed by atoms with Gasteiger partial charge in [0.1, 0.15) is 0 Å². The Bertz CT molecular complexity index is 828. The fourth-order valence-electron chi connectivity index (χ4n) is 2.99. The molecule has 2 N–H and O–H groups in total. The predicted octanol–water partition coefficient (Wildman–Crippen LogP) is 5.30. The molecule has 7 nitrogen and oxygen atoms in total. The summed E-state index contributed by atoms with van der Waals surface area (Å²) in [5.41, 5.74) is 2.21. The number of rotatable bonds is 10. The topological polar surface area (TPSA) is 89.9 Å². The minimum atomic E-state index is -3.43. The van der Waals surface area contributed by atoms with Crippen molar-refractivity contribution in [2.45, 2.75) is 52.9 Å². The molecule has 0 saturated carbocycles. The number of methoxy groups -OCH3 is 1. The van der Waals surface area contributed by atoms with Gasteiger partial charge < -0.3 is 24.2 Å². The molecule has 0 aliphatic carbocycles. The lowest BCUT2D eigenvalue weighted by Crippen LogP contribution is -2.20. The molecule has 1 aromatic heterocycles. The van der Waals surface area contributed by atoms with Crippen LogP contribution in [0.15, 0.2) is 36.7 Å². The van der Waals surface area contributed by atoms with Crippen LogP contribution in [0.4, 0.5) is 5.69 Å². The largest absolute Gasteiger partial charge is 0.504 e. The summed E-state index contributed by atoms with van der Waals surface area (Å²) in [7, 11) is -1.93. The first kappa shape index (κ1) is 23.2. The van der Waals surface area contributed by atoms with Crippen LogP contribution in [0.1, 0.15) is 44.9 Å². The summed E-state index contributed by atoms with van der Waals surface area (Å²) >= 11 is 0. The van der Waals surface area contributed by atoms with E-state index in [9.17, 15) is 9.67 Å². The Balaban J connectivity index is 2.47. The summed E-state index contributed by atoms with van der Waals surface area (Å²) in [6.45, 7) is 9.10. The van der Waals surface area contributed by atoms with Gasteiger partial charge in [0.2, 0.25) is 0 Å². The van der Waals surface area contributed by atoms with Crippen molar-refractivity contribution in [3.05, 3.63) is 47.8 Å². The summed E-state index contributed by atoms with van der Waals surface area (Å²) in [4.78, 5) is 4.13. The van der Waals surface area contributed by atoms with E-state index in [2.05, 4.69) is 10.3 Å². The highest BCUT2D eigenvalue weighted by molar-refractivity contribution is 7.53. The maximum Gasteiger partial charge on any atom is 0.333 e. The normalized spacial score (nSPS) is 13.0. The highest BCUT2D eigenvalue weighted by Crippen LogP contribution is 2.53. The zero-order chi connectivity index (χ0) is 21.6. The van der Waals surface area contributed by atoms with Crippen molar-refractivity contribution >= 4 is 13.3 Å². The van der Waals surface area contributed by atoms with Crippen LogP contribution in [0.3, 0.4) is 0 Å². The van der Waals surface area contributed by atoms with Crippen LogP contribution >= 0.6 is 7.60 Å². The molecular formula is C21H31N2O5P. The lowest BCUT2D eigenvalue weighted by atomic mass is 10.0. The smallest absolute Gasteiger partial charge is 0.333 e. The van der Waals surface area contributed by atoms with Crippen LogP contribution in [-0.4, -0.2) is 35.6 Å². The molecule has 2 rings (SSSR count). The molecule has 0 radical (unpaired) electrons. The molecule has 1 aromatic carbocycles. The maximum absolute atomic E-state index is 13.5. The van der Waals surface area contributed by atoms with Crippen molar-refractivity contribution in [1.29, 1.82) is 0 Å². The molecule has 1 atom stereocenters. The average Bonchev–Trinajstić information content (AvgIpc) is 2.62. The molecule has 1 heterocycles. The van der Waals surface area contributed by atoms with Crippen LogP contribution in [-0.2, 0) is 13.6 Å². The van der Waals surface area contributed by atoms with Gasteiger partial charge in [-0.2, -0.15) is 0 Å². The molecule has 0 saturated heterocycles. The molecule has 0 amide bonds. The number of phenols is 1. The van der Waals surface area contributed by atoms with Crippen LogP contribution < -0.4 is 10.1 Å². The van der Waals surface area contributed by atoms with Crippen molar-refractivity contribution in [2.75, 3.05) is 18.6 Å². The van der Waals surface area contributed by atoms with Crippen molar-refractivity contribution in [3.63, 3.8) is 0 Å². The van der Waals surface area contributed by atoms with Gasteiger partial charge in [-0.3, -0.25) is 9.55 Å². The number of pyridine rings is 1. The Morgan fingerprint density at radius 3 is 2.34 bits per heavy atom. The highest BCUT2D eigenvalue weighted by atomic mass is 31.2. The molecule has 160 valence electrons. The van der Waals surface area contributed by atoms with Crippen molar-refractivity contribution in [3.8, 4) is 11.5 Å². The SMILES string of the molecule is COc1cc(C(CP(=O)(OC(C)C)OC(C)C)Nc2cccnc2)cc(C)c1O. The lowest BCUT2D eigenvalue weighted by Gasteiger charge is -2.28. The average molecular weight is 422 g/mol. The van der Waals surface area contributed by atoms with E-state index < -0.39 is 13.6 Å². The number of hydrogen-bond acceptors (Lipinski definition) is 7. The van der Waals surface area contributed by atoms with E-state index in [1.807, 2.05) is 45.9 Å². The molecule has 0 spiro atoms. The second-order valence-corrected chi connectivity index (χ2v) is 9.44. The maximum atomic E-state index is 13.5. The molecule has 0 aliphatic heterocycles. The number of nitrogens with zero attached hydrogens (tertiary/aromatic N) is 1. The van der Waals surface area contributed by atoms with Crippen molar-refractivity contribution in [2.24, 2.45) is 0 Å². The fraction of sp³-hybridized carbons (Fsp3) is 0.476. The summed E-state index contributed by atoms with van der Waals surface area (Å²) in [6, 6.07) is 6.83. The summed E-state index contributed by atoms with van der Waals surface area (Å²) in [6.07, 6.45) is 2.97. The number of aromatic nitrogens is 1. The van der Waals surface area contributed by atoms with E-state index in [0.717, 1.165) is 11.3 Å². The Labute approximate surface area is 173 Å². The van der Waals surface area contributed by atoms with Gasteiger partial charge in [0.15, 0.2) is 11.5 Å². The second-order valence-electron chi connectivity index (χ2n) is 7.43. The Morgan fingerprint density at radius 2 is 1.83 bits per heavy atom. The zero-order valence-corrected chi connectivity index (χ0v) is 18.8. The van der Waals surface area contributed by atoms with Crippen molar-refractivity contribution < 1.29 is 23.5 Å². The van der Waals surface area contributed by atoms with Crippen LogP contribution in [0.25, 0.3) is 0 Å². The Morgan fingerprint density at radius 1 is 1.17 bits per heavy atom. The minimum absolute atomic E-state index is 0.0800. The first-order chi connectivity index (χ1) is 13.6. The molecule has 0 bridgehead atoms. The van der Waals surface area contributed by atoms with Gasteiger partial charge in [0.25, 0.3) is 0 Å². The molecule has 29 heavy (non-hydrogen) atoms. The van der Waals surface area contributed by atoms with Crippen LogP contribution in [0.2, 0.25) is 0 Å². The first-order valence-corrected chi connectivity index (χ1v) is 11.4. The Hall–Kier alpha value is -2.08. The van der Waals surface area contributed by atoms with Gasteiger partial charge in [-0.15, -0.1) is 0 Å². The number of aryl methyl sites for hydroxylation is 1. The van der Waals surface area contributed by atoms with Gasteiger partial charge in [0, 0.05) is 12.4 Å². The number of phenolic OH excluding ortho intramolecular Hbond substituents is 1. The summed E-state index contributed by atoms with van der Waals surface area (Å²) in [5.74, 6) is 0.429. The van der Waals surface area contributed by atoms with Crippen LogP contribution in [0.5, 0.6) is 11.5 Å². The van der Waals surface area contributed by atoms with Gasteiger partial charge >= 0.3 is 7.60 Å². The Kier molecular flexibility index (Phi) is 8.08. The van der Waals surface area contributed by atoms with E-state index in [4.69, 9.17) is 13.8 Å². The van der Waals surface area contributed by atoms with E-state index >= 15 is 0 Å². The summed E-state index contributed by atoms with van der Waals surface area (Å²) in [5, 5.41) is 13.6. The number of nitrogens with one attached hydrogen (secondary N) is 1. The monoisotopic (exact) mass is 422 g/mol. The zero-order valence-electron chi connectivity index (χ0n) is 17.9. The van der Waals surface area contributed by atoms with Gasteiger partial charge in [-0.25, -0.2) is 0 Å². The molecule has 2 aromatic rings. The number of anilines is 1. The minimum Gasteiger partial charge on any atom is -0.504 e. The summed E-state index contributed by atoms with van der Waals surface area (Å²) < 4.78 is 30.3. The number of ether oxygens (including phenoxy) is 1. The fourth-order valence-corrected chi connectivity index (χ4v) is 5.25. The van der Waals surface area contributed by atoms with E-state index in [-0.39, 0.29) is 24.1 Å². The second kappa shape index (κ2) is 10.1. The predicted molar refractivity (Wildman–Crippen MR) is 115 cm³/mol. The molecule has 0 aliphatic rings. The van der Waals surface area contributed by atoms with Crippen molar-refractivity contribution in [1.82, 2.24) is 4.98 Å². The third kappa shape index (κ3) is 6.74. The van der Waals surface area contributed by atoms with Crippen LogP contribution in [0, 0.1) is 6.92 Å². The van der Waals surface area contributed by atoms with Gasteiger partial charge in [0.05, 0.1) is 37.2 Å². The number of hydrogen-bond donors (Lipinski definition) is 2. The number of benzene rings is 1. The third-order valence-electron chi connectivity index (χ3n) is 4.06. The van der Waals surface area contributed by atoms with Gasteiger partial charge in [-0.1, -0.05) is 6.07 Å². The lowest BCUT2D eigenvalue weighted by molar-refractivity contribution is 0.142. The molecule has 0 fully saturated rings. The standard InChI is InChI=1S/C21H31N2O5P/c1-14(2)27-29(25,28-15(3)4)13-19(23-18-8-7-9-22-12-18)17-10-16(5)21(24)20(11-17)26-6/h7-12,14-15,19,23-24H,13H2,1-6H3. The van der Waals surface area contributed by atoms with E-state index in [1.54, 1.807) is 25.4 Å². The third-order valence-corrected chi connectivity index (χ3v) is 6.36. The molecular weight excluding hydrogens is 391 g/mol. The quantitative estimate of drug-likeness (QED) is 0.502. The molecule has 1 unspecified atom stereocenters. The highest BCUT2D eigenvalue weighted by Gasteiger charge is 2.33. The first-order valence-electron chi connectivity index (χ1n) is 9.63. The van der Waals surface area contributed by atoms with E-state index in [1.165, 1.54) is 7.11 Å². The molecule has 8 heteroatoms. The van der Waals surface area contributed by atoms with E-state index in [0.29, 0.717) is 11.3 Å². The number of aromatic hydroxyl groups is 1. The van der Waals surface area contributed by atoms with Gasteiger partial charge in [-0.05, 0) is 63.9 Å².